The molecule has 0 saturated heterocycles. The largest absolute Gasteiger partial charge is 0.464 e. The fourth-order valence-electron chi connectivity index (χ4n) is 1.18. The van der Waals surface area contributed by atoms with Crippen LogP contribution < -0.4 is 5.32 Å². The number of carbonyl (C=O) groups is 1. The molecule has 18 heavy (non-hydrogen) atoms. The topological polar surface area (TPSA) is 98.2 Å². The molecule has 0 radical (unpaired) electrons. The Labute approximate surface area is 106 Å². The highest BCUT2D eigenvalue weighted by atomic mass is 32.2. The normalized spacial score (nSPS) is 11.0. The summed E-state index contributed by atoms with van der Waals surface area (Å²) in [6, 6.07) is 0. The van der Waals surface area contributed by atoms with Crippen molar-refractivity contribution in [2.24, 2.45) is 0 Å². The molecule has 100 valence electrons. The van der Waals surface area contributed by atoms with E-state index in [-0.39, 0.29) is 11.4 Å². The van der Waals surface area contributed by atoms with Gasteiger partial charge in [0.25, 0.3) is 0 Å². The van der Waals surface area contributed by atoms with Crippen molar-refractivity contribution in [2.45, 2.75) is 6.42 Å². The Bertz CT molecular complexity index is 498. The van der Waals surface area contributed by atoms with Crippen LogP contribution in [-0.4, -0.2) is 50.0 Å². The lowest BCUT2D eigenvalue weighted by Crippen LogP contribution is -2.11. The van der Waals surface area contributed by atoms with Crippen molar-refractivity contribution in [3.63, 3.8) is 0 Å². The van der Waals surface area contributed by atoms with Gasteiger partial charge in [-0.05, 0) is 6.42 Å². The summed E-state index contributed by atoms with van der Waals surface area (Å²) in [4.78, 5) is 18.9. The number of ether oxygens (including phenoxy) is 1. The summed E-state index contributed by atoms with van der Waals surface area (Å²) in [5, 5.41) is 2.91. The van der Waals surface area contributed by atoms with Crippen LogP contribution in [-0.2, 0) is 14.6 Å². The molecule has 0 aliphatic carbocycles. The Hall–Kier alpha value is -1.70. The minimum Gasteiger partial charge on any atom is -0.464 e. The van der Waals surface area contributed by atoms with Crippen molar-refractivity contribution in [1.82, 2.24) is 9.97 Å². The van der Waals surface area contributed by atoms with Crippen molar-refractivity contribution in [3.8, 4) is 0 Å². The second-order valence-electron chi connectivity index (χ2n) is 3.69. The van der Waals surface area contributed by atoms with Crippen molar-refractivity contribution >= 4 is 21.6 Å². The van der Waals surface area contributed by atoms with E-state index in [2.05, 4.69) is 20.0 Å². The molecule has 1 aromatic rings. The molecule has 1 N–H and O–H groups in total. The molecule has 0 spiro atoms. The highest BCUT2D eigenvalue weighted by Crippen LogP contribution is 2.02. The molecule has 1 heterocycles. The van der Waals surface area contributed by atoms with E-state index < -0.39 is 15.8 Å². The Morgan fingerprint density at radius 1 is 1.39 bits per heavy atom. The number of esters is 1. The van der Waals surface area contributed by atoms with Crippen molar-refractivity contribution in [1.29, 1.82) is 0 Å². The summed E-state index contributed by atoms with van der Waals surface area (Å²) < 4.78 is 26.3. The Morgan fingerprint density at radius 2 is 2.11 bits per heavy atom. The highest BCUT2D eigenvalue weighted by molar-refractivity contribution is 7.90. The Morgan fingerprint density at radius 3 is 2.61 bits per heavy atom. The number of rotatable bonds is 6. The molecule has 0 aliphatic heterocycles. The first kappa shape index (κ1) is 14.4. The van der Waals surface area contributed by atoms with Crippen molar-refractivity contribution in [2.75, 3.05) is 31.0 Å². The van der Waals surface area contributed by atoms with E-state index in [0.717, 1.165) is 0 Å². The third kappa shape index (κ3) is 5.09. The fourth-order valence-corrected chi connectivity index (χ4v) is 1.85. The molecule has 0 fully saturated rings. The predicted octanol–water partition coefficient (Wildman–Crippen LogP) is 0.110. The molecule has 0 aromatic carbocycles. The van der Waals surface area contributed by atoms with Crippen molar-refractivity contribution in [3.05, 3.63) is 18.1 Å². The lowest BCUT2D eigenvalue weighted by molar-refractivity contribution is 0.0593. The van der Waals surface area contributed by atoms with Gasteiger partial charge < -0.3 is 10.1 Å². The van der Waals surface area contributed by atoms with Crippen LogP contribution in [0.3, 0.4) is 0 Å². The summed E-state index contributed by atoms with van der Waals surface area (Å²) in [6.45, 7) is 0.472. The number of hydrogen-bond acceptors (Lipinski definition) is 7. The maximum Gasteiger partial charge on any atom is 0.358 e. The molecular formula is C10H15N3O4S. The number of carbonyl (C=O) groups excluding carboxylic acids is 1. The number of nitrogens with zero attached hydrogens (tertiary/aromatic N) is 2. The third-order valence-electron chi connectivity index (χ3n) is 2.04. The van der Waals surface area contributed by atoms with Crippen LogP contribution in [0.1, 0.15) is 16.9 Å². The molecular weight excluding hydrogens is 258 g/mol. The predicted molar refractivity (Wildman–Crippen MR) is 66.2 cm³/mol. The van der Waals surface area contributed by atoms with Gasteiger partial charge in [-0.25, -0.2) is 23.2 Å². The summed E-state index contributed by atoms with van der Waals surface area (Å²) in [5.41, 5.74) is 0.124. The van der Waals surface area contributed by atoms with Gasteiger partial charge >= 0.3 is 5.97 Å². The zero-order chi connectivity index (χ0) is 13.6. The van der Waals surface area contributed by atoms with Gasteiger partial charge in [0.1, 0.15) is 15.7 Å². The number of sulfone groups is 1. The quantitative estimate of drug-likeness (QED) is 0.580. The van der Waals surface area contributed by atoms with E-state index in [1.165, 1.54) is 25.8 Å². The van der Waals surface area contributed by atoms with Crippen LogP contribution in [0.2, 0.25) is 0 Å². The van der Waals surface area contributed by atoms with Gasteiger partial charge in [0.15, 0.2) is 5.69 Å². The van der Waals surface area contributed by atoms with Gasteiger partial charge in [-0.3, -0.25) is 0 Å². The molecule has 8 heteroatoms. The number of aromatic nitrogens is 2. The molecule has 7 nitrogen and oxygen atoms in total. The van der Waals surface area contributed by atoms with Gasteiger partial charge in [-0.2, -0.15) is 0 Å². The monoisotopic (exact) mass is 273 g/mol. The molecule has 0 amide bonds. The second-order valence-corrected chi connectivity index (χ2v) is 5.95. The average Bonchev–Trinajstić information content (AvgIpc) is 2.33. The Balaban J connectivity index is 2.42. The summed E-state index contributed by atoms with van der Waals surface area (Å²) in [5.74, 6) is 0.0514. The third-order valence-corrected chi connectivity index (χ3v) is 3.07. The zero-order valence-corrected chi connectivity index (χ0v) is 11.0. The van der Waals surface area contributed by atoms with Gasteiger partial charge in [0.2, 0.25) is 0 Å². The number of anilines is 1. The summed E-state index contributed by atoms with van der Waals surface area (Å²) in [6.07, 6.45) is 4.37. The molecule has 1 aromatic heterocycles. The average molecular weight is 273 g/mol. The molecule has 0 saturated carbocycles. The van der Waals surface area contributed by atoms with E-state index in [1.807, 2.05) is 0 Å². The van der Waals surface area contributed by atoms with Crippen LogP contribution >= 0.6 is 0 Å². The van der Waals surface area contributed by atoms with Gasteiger partial charge in [0.05, 0.1) is 25.3 Å². The number of hydrogen-bond donors (Lipinski definition) is 1. The maximum absolute atomic E-state index is 11.1. The summed E-state index contributed by atoms with van der Waals surface area (Å²) in [7, 11) is -1.67. The number of methoxy groups -OCH3 is 1. The van der Waals surface area contributed by atoms with E-state index in [4.69, 9.17) is 0 Å². The van der Waals surface area contributed by atoms with Crippen LogP contribution in [0.15, 0.2) is 12.4 Å². The first-order valence-electron chi connectivity index (χ1n) is 5.24. The lowest BCUT2D eigenvalue weighted by atomic mass is 10.4. The Kier molecular flexibility index (Phi) is 5.02. The van der Waals surface area contributed by atoms with Crippen LogP contribution in [0.25, 0.3) is 0 Å². The van der Waals surface area contributed by atoms with Crippen LogP contribution in [0.5, 0.6) is 0 Å². The van der Waals surface area contributed by atoms with Gasteiger partial charge in [-0.1, -0.05) is 0 Å². The molecule has 0 bridgehead atoms. The molecule has 1 rings (SSSR count). The lowest BCUT2D eigenvalue weighted by Gasteiger charge is -2.04. The summed E-state index contributed by atoms with van der Waals surface area (Å²) >= 11 is 0. The first-order valence-corrected chi connectivity index (χ1v) is 7.30. The van der Waals surface area contributed by atoms with E-state index in [9.17, 15) is 13.2 Å². The minimum absolute atomic E-state index is 0.119. The smallest absolute Gasteiger partial charge is 0.358 e. The van der Waals surface area contributed by atoms with E-state index in [0.29, 0.717) is 18.8 Å². The van der Waals surface area contributed by atoms with Crippen LogP contribution in [0, 0.1) is 0 Å². The molecule has 0 unspecified atom stereocenters. The zero-order valence-electron chi connectivity index (χ0n) is 10.2. The first-order chi connectivity index (χ1) is 8.42. The highest BCUT2D eigenvalue weighted by Gasteiger charge is 2.07. The van der Waals surface area contributed by atoms with E-state index >= 15 is 0 Å². The second kappa shape index (κ2) is 6.29. The fraction of sp³-hybridized carbons (Fsp3) is 0.500. The van der Waals surface area contributed by atoms with Crippen LogP contribution in [0.4, 0.5) is 5.82 Å². The van der Waals surface area contributed by atoms with Gasteiger partial charge in [0, 0.05) is 12.8 Å². The number of nitrogens with one attached hydrogen (secondary N) is 1. The molecule has 0 aliphatic rings. The maximum atomic E-state index is 11.1. The van der Waals surface area contributed by atoms with E-state index in [1.54, 1.807) is 0 Å². The van der Waals surface area contributed by atoms with Gasteiger partial charge in [-0.15, -0.1) is 0 Å². The standard InChI is InChI=1S/C10H15N3O4S/c1-17-10(14)8-6-13-9(7-12-8)11-4-3-5-18(2,15)16/h6-7H,3-5H2,1-2H3,(H,11,13). The SMILES string of the molecule is COC(=O)c1cnc(NCCCS(C)(=O)=O)cn1. The minimum atomic E-state index is -2.94. The van der Waals surface area contributed by atoms with Crippen molar-refractivity contribution < 1.29 is 17.9 Å². The molecule has 0 atom stereocenters.